The highest BCUT2D eigenvalue weighted by atomic mass is 16.5. The Labute approximate surface area is 152 Å². The summed E-state index contributed by atoms with van der Waals surface area (Å²) in [6.07, 6.45) is 3.58. The minimum Gasteiger partial charge on any atom is -0.504 e. The molecule has 1 amide bonds. The maximum atomic E-state index is 12.6. The molecule has 3 rings (SSSR count). The second kappa shape index (κ2) is 7.56. The first kappa shape index (κ1) is 17.9. The summed E-state index contributed by atoms with van der Waals surface area (Å²) in [5.74, 6) is 0.0679. The Kier molecular flexibility index (Phi) is 5.21. The van der Waals surface area contributed by atoms with E-state index in [1.807, 2.05) is 18.2 Å². The fraction of sp³-hybridized carbons (Fsp3) is 0.350. The van der Waals surface area contributed by atoms with Gasteiger partial charge in [0.15, 0.2) is 11.5 Å². The van der Waals surface area contributed by atoms with Gasteiger partial charge in [0.1, 0.15) is 12.4 Å². The Bertz CT molecular complexity index is 820. The number of phenolic OH excluding ortho intramolecular Hbond substituents is 1. The van der Waals surface area contributed by atoms with Gasteiger partial charge in [0.25, 0.3) is 0 Å². The molecule has 0 bridgehead atoms. The van der Waals surface area contributed by atoms with E-state index in [4.69, 9.17) is 4.74 Å². The summed E-state index contributed by atoms with van der Waals surface area (Å²) in [7, 11) is 0. The molecule has 0 fully saturated rings. The van der Waals surface area contributed by atoms with Gasteiger partial charge in [0, 0.05) is 42.4 Å². The molecule has 0 saturated heterocycles. The van der Waals surface area contributed by atoms with Gasteiger partial charge in [0.05, 0.1) is 6.54 Å². The third-order valence-corrected chi connectivity index (χ3v) is 4.64. The number of nitrogens with zero attached hydrogens (tertiary/aromatic N) is 2. The van der Waals surface area contributed by atoms with Gasteiger partial charge in [-0.05, 0) is 30.7 Å². The molecule has 6 heteroatoms. The van der Waals surface area contributed by atoms with E-state index < -0.39 is 0 Å². The highest BCUT2D eigenvalue weighted by Gasteiger charge is 2.24. The Hall–Kier alpha value is -2.89. The number of ketones is 1. The summed E-state index contributed by atoms with van der Waals surface area (Å²) in [6, 6.07) is 7.29. The first-order valence-corrected chi connectivity index (χ1v) is 8.63. The number of aromatic hydroxyl groups is 1. The zero-order chi connectivity index (χ0) is 18.7. The van der Waals surface area contributed by atoms with Crippen LogP contribution in [0.15, 0.2) is 36.7 Å². The molecule has 1 aliphatic heterocycles. The molecule has 1 atom stereocenters. The lowest BCUT2D eigenvalue weighted by Crippen LogP contribution is -2.34. The van der Waals surface area contributed by atoms with Crippen molar-refractivity contribution < 1.29 is 19.4 Å². The number of carbonyl (C=O) groups is 2. The number of pyridine rings is 1. The molecule has 2 heterocycles. The molecule has 26 heavy (non-hydrogen) atoms. The van der Waals surface area contributed by atoms with Crippen molar-refractivity contribution in [2.75, 3.05) is 13.2 Å². The van der Waals surface area contributed by atoms with Crippen LogP contribution in [-0.2, 0) is 16.1 Å². The Morgan fingerprint density at radius 2 is 2.15 bits per heavy atom. The monoisotopic (exact) mass is 354 g/mol. The van der Waals surface area contributed by atoms with E-state index in [1.165, 1.54) is 6.92 Å². The lowest BCUT2D eigenvalue weighted by Gasteiger charge is -2.21. The number of fused-ring (bicyclic) bond motifs is 1. The summed E-state index contributed by atoms with van der Waals surface area (Å²) >= 11 is 0. The lowest BCUT2D eigenvalue weighted by atomic mass is 10.0. The number of carbonyl (C=O) groups excluding carboxylic acids is 2. The van der Waals surface area contributed by atoms with Crippen LogP contribution in [0, 0.1) is 5.92 Å². The van der Waals surface area contributed by atoms with Crippen LogP contribution in [-0.4, -0.2) is 39.8 Å². The quantitative estimate of drug-likeness (QED) is 0.913. The van der Waals surface area contributed by atoms with E-state index >= 15 is 0 Å². The number of ether oxygens (including phenoxy) is 1. The minimum atomic E-state index is -0.304. The highest BCUT2D eigenvalue weighted by Crippen LogP contribution is 2.37. The van der Waals surface area contributed by atoms with E-state index in [1.54, 1.807) is 30.3 Å². The average Bonchev–Trinajstić information content (AvgIpc) is 2.85. The van der Waals surface area contributed by atoms with Crippen LogP contribution >= 0.6 is 0 Å². The number of Topliss-reactive ketones (excluding diaryl/α,β-unsaturated/α-hetero) is 1. The maximum absolute atomic E-state index is 12.6. The summed E-state index contributed by atoms with van der Waals surface area (Å²) in [4.78, 5) is 29.8. The van der Waals surface area contributed by atoms with Crippen molar-refractivity contribution in [1.82, 2.24) is 9.88 Å². The van der Waals surface area contributed by atoms with Crippen LogP contribution in [0.2, 0.25) is 0 Å². The number of rotatable bonds is 4. The summed E-state index contributed by atoms with van der Waals surface area (Å²) in [6.45, 7) is 4.30. The highest BCUT2D eigenvalue weighted by molar-refractivity contribution is 5.85. The molecule has 0 aliphatic carbocycles. The van der Waals surface area contributed by atoms with Crippen molar-refractivity contribution in [3.63, 3.8) is 0 Å². The van der Waals surface area contributed by atoms with Crippen molar-refractivity contribution in [1.29, 1.82) is 0 Å². The molecule has 136 valence electrons. The van der Waals surface area contributed by atoms with E-state index in [9.17, 15) is 14.7 Å². The molecule has 0 unspecified atom stereocenters. The van der Waals surface area contributed by atoms with Crippen LogP contribution in [0.5, 0.6) is 11.5 Å². The van der Waals surface area contributed by atoms with Gasteiger partial charge < -0.3 is 14.7 Å². The predicted molar refractivity (Wildman–Crippen MR) is 96.7 cm³/mol. The molecule has 1 N–H and O–H groups in total. The van der Waals surface area contributed by atoms with Gasteiger partial charge >= 0.3 is 0 Å². The van der Waals surface area contributed by atoms with Crippen molar-refractivity contribution >= 4 is 11.7 Å². The first-order valence-electron chi connectivity index (χ1n) is 8.63. The van der Waals surface area contributed by atoms with Crippen molar-refractivity contribution in [2.45, 2.75) is 26.8 Å². The largest absolute Gasteiger partial charge is 0.504 e. The van der Waals surface area contributed by atoms with E-state index in [2.05, 4.69) is 4.98 Å². The van der Waals surface area contributed by atoms with Crippen LogP contribution in [0.1, 0.15) is 25.8 Å². The zero-order valence-corrected chi connectivity index (χ0v) is 14.9. The van der Waals surface area contributed by atoms with E-state index in [-0.39, 0.29) is 29.8 Å². The minimum absolute atomic E-state index is 0.00123. The summed E-state index contributed by atoms with van der Waals surface area (Å²) < 4.78 is 5.68. The number of hydrogen-bond donors (Lipinski definition) is 1. The van der Waals surface area contributed by atoms with E-state index in [0.29, 0.717) is 25.4 Å². The number of aromatic nitrogens is 1. The zero-order valence-electron chi connectivity index (χ0n) is 14.9. The molecule has 0 saturated carbocycles. The Morgan fingerprint density at radius 3 is 2.85 bits per heavy atom. The van der Waals surface area contributed by atoms with Gasteiger partial charge in [0.2, 0.25) is 5.91 Å². The number of benzene rings is 1. The predicted octanol–water partition coefficient (Wildman–Crippen LogP) is 2.79. The molecule has 1 aliphatic rings. The summed E-state index contributed by atoms with van der Waals surface area (Å²) in [5, 5.41) is 10.4. The number of amides is 1. The standard InChI is InChI=1S/C20H22N2O4/c1-13(14(2)23)8-19(25)22-6-7-26-20-17(12-22)9-16(10-18(20)24)15-4-3-5-21-11-15/h3-5,9-11,13,24H,6-8,12H2,1-2H3/t13-/m1/s1. The van der Waals surface area contributed by atoms with Crippen LogP contribution in [0.4, 0.5) is 0 Å². The molecule has 1 aromatic carbocycles. The van der Waals surface area contributed by atoms with Gasteiger partial charge in [-0.25, -0.2) is 0 Å². The third kappa shape index (κ3) is 3.85. The van der Waals surface area contributed by atoms with Crippen molar-refractivity contribution in [3.8, 4) is 22.6 Å². The Balaban J connectivity index is 1.88. The first-order chi connectivity index (χ1) is 12.5. The summed E-state index contributed by atoms with van der Waals surface area (Å²) in [5.41, 5.74) is 2.42. The smallest absolute Gasteiger partial charge is 0.223 e. The Morgan fingerprint density at radius 1 is 1.35 bits per heavy atom. The number of hydrogen-bond acceptors (Lipinski definition) is 5. The lowest BCUT2D eigenvalue weighted by molar-refractivity contribution is -0.135. The molecular formula is C20H22N2O4. The molecule has 6 nitrogen and oxygen atoms in total. The second-order valence-corrected chi connectivity index (χ2v) is 6.60. The normalized spacial score (nSPS) is 14.8. The second-order valence-electron chi connectivity index (χ2n) is 6.60. The fourth-order valence-corrected chi connectivity index (χ4v) is 2.95. The fourth-order valence-electron chi connectivity index (χ4n) is 2.95. The average molecular weight is 354 g/mol. The van der Waals surface area contributed by atoms with Gasteiger partial charge in [-0.2, -0.15) is 0 Å². The topological polar surface area (TPSA) is 79.7 Å². The van der Waals surface area contributed by atoms with Gasteiger partial charge in [-0.15, -0.1) is 0 Å². The molecular weight excluding hydrogens is 332 g/mol. The molecule has 2 aromatic rings. The molecule has 0 spiro atoms. The van der Waals surface area contributed by atoms with Crippen LogP contribution in [0.3, 0.4) is 0 Å². The van der Waals surface area contributed by atoms with Gasteiger partial charge in [-0.3, -0.25) is 14.6 Å². The maximum Gasteiger partial charge on any atom is 0.223 e. The van der Waals surface area contributed by atoms with Gasteiger partial charge in [-0.1, -0.05) is 13.0 Å². The SMILES string of the molecule is CC(=O)[C@H](C)CC(=O)N1CCOc2c(O)cc(-c3cccnc3)cc2C1. The van der Waals surface area contributed by atoms with Crippen LogP contribution < -0.4 is 4.74 Å². The molecule has 0 radical (unpaired) electrons. The van der Waals surface area contributed by atoms with E-state index in [0.717, 1.165) is 16.7 Å². The number of phenols is 1. The molecule has 1 aromatic heterocycles. The third-order valence-electron chi connectivity index (χ3n) is 4.64. The van der Waals surface area contributed by atoms with Crippen molar-refractivity contribution in [2.24, 2.45) is 5.92 Å². The van der Waals surface area contributed by atoms with Crippen LogP contribution in [0.25, 0.3) is 11.1 Å². The van der Waals surface area contributed by atoms with Crippen molar-refractivity contribution in [3.05, 3.63) is 42.2 Å².